The van der Waals surface area contributed by atoms with Gasteiger partial charge in [0.2, 0.25) is 0 Å². The van der Waals surface area contributed by atoms with Gasteiger partial charge in [-0.3, -0.25) is 9.36 Å². The van der Waals surface area contributed by atoms with Crippen molar-refractivity contribution in [1.82, 2.24) is 4.57 Å². The molecule has 1 atom stereocenters. The summed E-state index contributed by atoms with van der Waals surface area (Å²) in [5, 5.41) is 0. The maximum Gasteiger partial charge on any atom is 0.338 e. The van der Waals surface area contributed by atoms with Crippen LogP contribution in [0.2, 0.25) is 0 Å². The Labute approximate surface area is 215 Å². The predicted octanol–water partition coefficient (Wildman–Crippen LogP) is 3.64. The van der Waals surface area contributed by atoms with Gasteiger partial charge in [-0.15, -0.1) is 0 Å². The third kappa shape index (κ3) is 4.83. The Morgan fingerprint density at radius 3 is 2.54 bits per heavy atom. The summed E-state index contributed by atoms with van der Waals surface area (Å²) in [5.41, 5.74) is 3.38. The van der Waals surface area contributed by atoms with Crippen molar-refractivity contribution in [1.29, 1.82) is 0 Å². The van der Waals surface area contributed by atoms with E-state index >= 15 is 0 Å². The van der Waals surface area contributed by atoms with Gasteiger partial charge < -0.3 is 14.4 Å². The van der Waals surface area contributed by atoms with Crippen LogP contribution < -0.4 is 24.5 Å². The van der Waals surface area contributed by atoms with Gasteiger partial charge in [-0.25, -0.2) is 9.79 Å². The number of rotatable bonds is 6. The molecule has 1 aliphatic heterocycles. The molecule has 0 amide bonds. The molecule has 0 spiro atoms. The van der Waals surface area contributed by atoms with Gasteiger partial charge in [0.25, 0.3) is 5.56 Å². The molecule has 1 aromatic heterocycles. The zero-order chi connectivity index (χ0) is 25.3. The van der Waals surface area contributed by atoms with Crippen molar-refractivity contribution in [2.75, 3.05) is 32.7 Å². The summed E-state index contributed by atoms with van der Waals surface area (Å²) in [6.45, 7) is 3.78. The topological polar surface area (TPSA) is 73.1 Å². The molecule has 0 N–H and O–H groups in total. The molecule has 0 unspecified atom stereocenters. The number of aromatic nitrogens is 1. The SMILES string of the molecule is CCOC(=O)C1=C(C)N=c2s/c(=C\c3ccc(OC)c(Br)c3)c(=O)n2[C@H]1c1ccc(N(C)C)cc1. The normalized spacial score (nSPS) is 15.5. The standard InChI is InChI=1S/C26H26BrN3O4S/c1-6-34-25(32)22-15(2)28-26-30(23(22)17-8-10-18(11-9-17)29(3)4)24(31)21(35-26)14-16-7-12-20(33-5)19(27)13-16/h7-14,23H,6H2,1-5H3/b21-14-/t23-/m0/s1. The Kier molecular flexibility index (Phi) is 7.28. The van der Waals surface area contributed by atoms with Crippen LogP contribution in [0.15, 0.2) is 68.0 Å². The van der Waals surface area contributed by atoms with E-state index in [1.165, 1.54) is 11.3 Å². The molecule has 0 saturated heterocycles. The van der Waals surface area contributed by atoms with Gasteiger partial charge in [0.15, 0.2) is 4.80 Å². The molecule has 2 aromatic carbocycles. The minimum absolute atomic E-state index is 0.211. The number of nitrogens with zero attached hydrogens (tertiary/aromatic N) is 3. The van der Waals surface area contributed by atoms with E-state index in [-0.39, 0.29) is 12.2 Å². The first-order chi connectivity index (χ1) is 16.7. The smallest absolute Gasteiger partial charge is 0.338 e. The lowest BCUT2D eigenvalue weighted by atomic mass is 9.95. The number of benzene rings is 2. The third-order valence-corrected chi connectivity index (χ3v) is 7.32. The van der Waals surface area contributed by atoms with Crippen LogP contribution in [-0.4, -0.2) is 38.3 Å². The van der Waals surface area contributed by atoms with E-state index in [2.05, 4.69) is 20.9 Å². The lowest BCUT2D eigenvalue weighted by Crippen LogP contribution is -2.39. The zero-order valence-corrected chi connectivity index (χ0v) is 22.6. The molecule has 0 fully saturated rings. The van der Waals surface area contributed by atoms with Crippen molar-refractivity contribution in [2.45, 2.75) is 19.9 Å². The second kappa shape index (κ2) is 10.2. The largest absolute Gasteiger partial charge is 0.496 e. The molecule has 1 aliphatic rings. The van der Waals surface area contributed by atoms with Crippen LogP contribution in [0.4, 0.5) is 5.69 Å². The van der Waals surface area contributed by atoms with Crippen LogP contribution in [0.5, 0.6) is 5.75 Å². The summed E-state index contributed by atoms with van der Waals surface area (Å²) in [6, 6.07) is 12.8. The van der Waals surface area contributed by atoms with E-state index in [4.69, 9.17) is 9.47 Å². The van der Waals surface area contributed by atoms with Crippen LogP contribution >= 0.6 is 27.3 Å². The Morgan fingerprint density at radius 2 is 1.94 bits per heavy atom. The fourth-order valence-corrected chi connectivity index (χ4v) is 5.59. The number of methoxy groups -OCH3 is 1. The maximum atomic E-state index is 13.7. The van der Waals surface area contributed by atoms with Gasteiger partial charge in [-0.05, 0) is 71.2 Å². The molecular weight excluding hydrogens is 530 g/mol. The van der Waals surface area contributed by atoms with Gasteiger partial charge in [0.1, 0.15) is 5.75 Å². The maximum absolute atomic E-state index is 13.7. The molecular formula is C26H26BrN3O4S. The average Bonchev–Trinajstić information content (AvgIpc) is 3.12. The number of esters is 1. The summed E-state index contributed by atoms with van der Waals surface area (Å²) in [4.78, 5) is 33.8. The van der Waals surface area contributed by atoms with Crippen LogP contribution in [0.25, 0.3) is 6.08 Å². The summed E-state index contributed by atoms with van der Waals surface area (Å²) in [7, 11) is 5.53. The number of anilines is 1. The van der Waals surface area contributed by atoms with Crippen molar-refractivity contribution >= 4 is 45.0 Å². The van der Waals surface area contributed by atoms with E-state index in [0.29, 0.717) is 26.4 Å². The van der Waals surface area contributed by atoms with Gasteiger partial charge >= 0.3 is 5.97 Å². The molecule has 0 radical (unpaired) electrons. The quantitative estimate of drug-likeness (QED) is 0.434. The highest BCUT2D eigenvalue weighted by Gasteiger charge is 2.33. The minimum Gasteiger partial charge on any atom is -0.496 e. The first-order valence-corrected chi connectivity index (χ1v) is 12.7. The molecule has 3 aromatic rings. The third-order valence-electron chi connectivity index (χ3n) is 5.72. The highest BCUT2D eigenvalue weighted by Crippen LogP contribution is 2.31. The second-order valence-electron chi connectivity index (χ2n) is 8.18. The molecule has 0 aliphatic carbocycles. The van der Waals surface area contributed by atoms with Crippen LogP contribution in [0, 0.1) is 0 Å². The Bertz CT molecular complexity index is 1490. The van der Waals surface area contributed by atoms with E-state index in [0.717, 1.165) is 21.3 Å². The second-order valence-corrected chi connectivity index (χ2v) is 10.0. The summed E-state index contributed by atoms with van der Waals surface area (Å²) < 4.78 is 13.6. The highest BCUT2D eigenvalue weighted by molar-refractivity contribution is 9.10. The van der Waals surface area contributed by atoms with Crippen molar-refractivity contribution in [3.8, 4) is 5.75 Å². The van der Waals surface area contributed by atoms with Crippen molar-refractivity contribution in [3.05, 3.63) is 89.0 Å². The number of fused-ring (bicyclic) bond motifs is 1. The number of halogens is 1. The van der Waals surface area contributed by atoms with Gasteiger partial charge in [0.05, 0.1) is 40.0 Å². The monoisotopic (exact) mass is 555 g/mol. The molecule has 2 heterocycles. The summed E-state index contributed by atoms with van der Waals surface area (Å²) >= 11 is 4.79. The van der Waals surface area contributed by atoms with Crippen molar-refractivity contribution in [2.24, 2.45) is 4.99 Å². The molecule has 182 valence electrons. The Balaban J connectivity index is 1.91. The predicted molar refractivity (Wildman–Crippen MR) is 142 cm³/mol. The van der Waals surface area contributed by atoms with Crippen molar-refractivity contribution in [3.63, 3.8) is 0 Å². The van der Waals surface area contributed by atoms with Crippen LogP contribution in [0.3, 0.4) is 0 Å². The van der Waals surface area contributed by atoms with Crippen molar-refractivity contribution < 1.29 is 14.3 Å². The Hall–Kier alpha value is -3.17. The summed E-state index contributed by atoms with van der Waals surface area (Å²) in [5.74, 6) is 0.239. The van der Waals surface area contributed by atoms with Gasteiger partial charge in [0, 0.05) is 19.8 Å². The number of carbonyl (C=O) groups excluding carboxylic acids is 1. The molecule has 0 saturated carbocycles. The zero-order valence-electron chi connectivity index (χ0n) is 20.2. The highest BCUT2D eigenvalue weighted by atomic mass is 79.9. The van der Waals surface area contributed by atoms with E-state index in [1.807, 2.05) is 67.5 Å². The van der Waals surface area contributed by atoms with E-state index in [9.17, 15) is 9.59 Å². The van der Waals surface area contributed by atoms with Gasteiger partial charge in [-0.1, -0.05) is 29.5 Å². The van der Waals surface area contributed by atoms with E-state index < -0.39 is 12.0 Å². The molecule has 35 heavy (non-hydrogen) atoms. The number of ether oxygens (including phenoxy) is 2. The van der Waals surface area contributed by atoms with Gasteiger partial charge in [-0.2, -0.15) is 0 Å². The molecule has 0 bridgehead atoms. The minimum atomic E-state index is -0.633. The summed E-state index contributed by atoms with van der Waals surface area (Å²) in [6.07, 6.45) is 1.82. The fraction of sp³-hybridized carbons (Fsp3) is 0.269. The first kappa shape index (κ1) is 24.9. The van der Waals surface area contributed by atoms with Crippen LogP contribution in [0.1, 0.15) is 31.0 Å². The molecule has 7 nitrogen and oxygen atoms in total. The Morgan fingerprint density at radius 1 is 1.23 bits per heavy atom. The molecule has 9 heteroatoms. The number of hydrogen-bond donors (Lipinski definition) is 0. The fourth-order valence-electron chi connectivity index (χ4n) is 3.99. The first-order valence-electron chi connectivity index (χ1n) is 11.1. The number of hydrogen-bond acceptors (Lipinski definition) is 7. The lowest BCUT2D eigenvalue weighted by Gasteiger charge is -2.25. The number of allylic oxidation sites excluding steroid dienone is 1. The van der Waals surface area contributed by atoms with E-state index in [1.54, 1.807) is 25.5 Å². The number of thiazole rings is 1. The number of carbonyl (C=O) groups is 1. The average molecular weight is 556 g/mol. The lowest BCUT2D eigenvalue weighted by molar-refractivity contribution is -0.139. The van der Waals surface area contributed by atoms with Crippen LogP contribution in [-0.2, 0) is 9.53 Å². The molecule has 4 rings (SSSR count).